The van der Waals surface area contributed by atoms with Gasteiger partial charge >= 0.3 is 0 Å². The predicted octanol–water partition coefficient (Wildman–Crippen LogP) is 5.32. The topological polar surface area (TPSA) is 78.4 Å². The molecule has 1 fully saturated rings. The highest BCUT2D eigenvalue weighted by molar-refractivity contribution is 6.31. The van der Waals surface area contributed by atoms with Gasteiger partial charge in [-0.05, 0) is 36.5 Å². The van der Waals surface area contributed by atoms with Crippen LogP contribution in [-0.2, 0) is 13.1 Å². The highest BCUT2D eigenvalue weighted by Gasteiger charge is 2.24. The van der Waals surface area contributed by atoms with Crippen molar-refractivity contribution in [3.63, 3.8) is 0 Å². The second-order valence-corrected chi connectivity index (χ2v) is 8.98. The molecule has 0 radical (unpaired) electrons. The number of hydrogen-bond acceptors (Lipinski definition) is 4. The summed E-state index contributed by atoms with van der Waals surface area (Å²) in [5.41, 5.74) is 9.04. The van der Waals surface area contributed by atoms with Crippen LogP contribution in [0.15, 0.2) is 55.5 Å². The number of rotatable bonds is 6. The lowest BCUT2D eigenvalue weighted by atomic mass is 10.2. The zero-order valence-corrected chi connectivity index (χ0v) is 19.7. The van der Waals surface area contributed by atoms with Crippen molar-refractivity contribution in [2.75, 3.05) is 0 Å². The van der Waals surface area contributed by atoms with E-state index in [-0.39, 0.29) is 17.1 Å². The molecule has 0 spiro atoms. The minimum Gasteiger partial charge on any atom is -0.325 e. The van der Waals surface area contributed by atoms with Gasteiger partial charge in [-0.2, -0.15) is 5.10 Å². The first kappa shape index (κ1) is 24.3. The van der Waals surface area contributed by atoms with E-state index in [1.807, 2.05) is 16.7 Å². The Morgan fingerprint density at radius 3 is 2.61 bits per heavy atom. The number of aromatic nitrogens is 6. The molecule has 36 heavy (non-hydrogen) atoms. The third kappa shape index (κ3) is 4.93. The Balaban J connectivity index is 0.000000174. The molecule has 1 saturated carbocycles. The minimum atomic E-state index is -3.04. The van der Waals surface area contributed by atoms with Crippen LogP contribution in [0.2, 0.25) is 5.02 Å². The van der Waals surface area contributed by atoms with Crippen LogP contribution in [0.4, 0.5) is 17.6 Å². The van der Waals surface area contributed by atoms with Crippen LogP contribution in [0.25, 0.3) is 11.2 Å². The van der Waals surface area contributed by atoms with Crippen LogP contribution in [0, 0.1) is 5.82 Å². The molecule has 1 unspecified atom stereocenters. The van der Waals surface area contributed by atoms with Crippen LogP contribution in [0.3, 0.4) is 0 Å². The standard InChI is InChI=1S/C16H15F3N4.C8H7ClFN3/c17-15(16(18)19)12-5-20-23(7-12)9-13-8-22-6-11(10-1-2-10)3-4-14(22)21-13;9-5-1-2-13-4-12-6(3-11)8(13)7(5)10/h3-8,10,15-16H,1-2,9H2;1-2,4H,3,11H2. The molecule has 7 nitrogen and oxygen atoms in total. The molecule has 0 bridgehead atoms. The minimum absolute atomic E-state index is 0.0858. The summed E-state index contributed by atoms with van der Waals surface area (Å²) in [5.74, 6) is 0.192. The van der Waals surface area contributed by atoms with Crippen molar-refractivity contribution in [1.82, 2.24) is 28.5 Å². The lowest BCUT2D eigenvalue weighted by Gasteiger charge is -2.02. The fourth-order valence-electron chi connectivity index (χ4n) is 3.95. The van der Waals surface area contributed by atoms with Gasteiger partial charge in [-0.25, -0.2) is 27.5 Å². The van der Waals surface area contributed by atoms with Gasteiger partial charge < -0.3 is 14.5 Å². The zero-order chi connectivity index (χ0) is 25.4. The average molecular weight is 520 g/mol. The summed E-state index contributed by atoms with van der Waals surface area (Å²) in [6.07, 6.45) is 6.69. The molecule has 12 heteroatoms. The molecule has 0 saturated heterocycles. The lowest BCUT2D eigenvalue weighted by Crippen LogP contribution is -2.03. The number of nitrogens with two attached hydrogens (primary N) is 1. The highest BCUT2D eigenvalue weighted by Crippen LogP contribution is 2.39. The predicted molar refractivity (Wildman–Crippen MR) is 126 cm³/mol. The van der Waals surface area contributed by atoms with E-state index in [9.17, 15) is 17.6 Å². The van der Waals surface area contributed by atoms with E-state index in [2.05, 4.69) is 27.3 Å². The number of nitrogens with zero attached hydrogens (tertiary/aromatic N) is 6. The summed E-state index contributed by atoms with van der Waals surface area (Å²) < 4.78 is 56.4. The maximum absolute atomic E-state index is 13.4. The van der Waals surface area contributed by atoms with Gasteiger partial charge in [0.05, 0.1) is 35.5 Å². The summed E-state index contributed by atoms with van der Waals surface area (Å²) in [7, 11) is 0. The van der Waals surface area contributed by atoms with Crippen molar-refractivity contribution in [3.05, 3.63) is 88.9 Å². The Kier molecular flexibility index (Phi) is 6.67. The van der Waals surface area contributed by atoms with Gasteiger partial charge in [0.1, 0.15) is 11.2 Å². The van der Waals surface area contributed by atoms with E-state index in [0.717, 1.165) is 17.5 Å². The fourth-order valence-corrected chi connectivity index (χ4v) is 4.10. The molecular formula is C24H22ClF4N7. The van der Waals surface area contributed by atoms with Crippen LogP contribution in [0.1, 0.15) is 47.4 Å². The van der Waals surface area contributed by atoms with Gasteiger partial charge in [-0.3, -0.25) is 4.68 Å². The van der Waals surface area contributed by atoms with Gasteiger partial charge in [-0.1, -0.05) is 17.7 Å². The summed E-state index contributed by atoms with van der Waals surface area (Å²) >= 11 is 5.62. The summed E-state index contributed by atoms with van der Waals surface area (Å²) in [6.45, 7) is 0.518. The Morgan fingerprint density at radius 1 is 1.08 bits per heavy atom. The molecule has 6 rings (SSSR count). The summed E-state index contributed by atoms with van der Waals surface area (Å²) in [6, 6.07) is 5.54. The van der Waals surface area contributed by atoms with Crippen molar-refractivity contribution in [3.8, 4) is 0 Å². The number of imidazole rings is 2. The molecule has 188 valence electrons. The summed E-state index contributed by atoms with van der Waals surface area (Å²) in [4.78, 5) is 8.43. The molecule has 0 amide bonds. The molecule has 5 aromatic rings. The van der Waals surface area contributed by atoms with Crippen molar-refractivity contribution < 1.29 is 17.6 Å². The Hall–Kier alpha value is -3.44. The van der Waals surface area contributed by atoms with Gasteiger partial charge in [0.25, 0.3) is 6.43 Å². The average Bonchev–Trinajstić information content (AvgIpc) is 3.27. The maximum atomic E-state index is 13.4. The smallest absolute Gasteiger partial charge is 0.273 e. The van der Waals surface area contributed by atoms with E-state index >= 15 is 0 Å². The van der Waals surface area contributed by atoms with E-state index in [1.54, 1.807) is 10.6 Å². The zero-order valence-electron chi connectivity index (χ0n) is 18.9. The van der Waals surface area contributed by atoms with E-state index < -0.39 is 18.4 Å². The summed E-state index contributed by atoms with van der Waals surface area (Å²) in [5, 5.41) is 4.02. The Bertz CT molecular complexity index is 1510. The second kappa shape index (κ2) is 9.90. The van der Waals surface area contributed by atoms with Gasteiger partial charge in [0.15, 0.2) is 12.0 Å². The molecular weight excluding hydrogens is 498 g/mol. The third-order valence-corrected chi connectivity index (χ3v) is 6.24. The SMILES string of the molecule is FC(F)C(F)c1cnn(Cc2cn3cc(C4CC4)ccc3n2)c1.NCc1ncn2ccc(Cl)c(F)c12. The Labute approximate surface area is 208 Å². The van der Waals surface area contributed by atoms with Crippen molar-refractivity contribution in [2.24, 2.45) is 5.73 Å². The second-order valence-electron chi connectivity index (χ2n) is 8.57. The van der Waals surface area contributed by atoms with Gasteiger partial charge in [0.2, 0.25) is 0 Å². The number of pyridine rings is 2. The normalized spacial score (nSPS) is 14.4. The lowest BCUT2D eigenvalue weighted by molar-refractivity contribution is 0.0495. The van der Waals surface area contributed by atoms with Crippen LogP contribution in [-0.4, -0.2) is 35.0 Å². The van der Waals surface area contributed by atoms with E-state index in [4.69, 9.17) is 17.3 Å². The van der Waals surface area contributed by atoms with Gasteiger partial charge in [0, 0.05) is 36.9 Å². The van der Waals surface area contributed by atoms with Gasteiger partial charge in [-0.15, -0.1) is 0 Å². The highest BCUT2D eigenvalue weighted by atomic mass is 35.5. The molecule has 0 aliphatic heterocycles. The molecule has 1 aliphatic rings. The number of fused-ring (bicyclic) bond motifs is 2. The first-order valence-corrected chi connectivity index (χ1v) is 11.6. The maximum Gasteiger partial charge on any atom is 0.273 e. The van der Waals surface area contributed by atoms with Crippen LogP contribution >= 0.6 is 11.6 Å². The van der Waals surface area contributed by atoms with Crippen LogP contribution < -0.4 is 5.73 Å². The monoisotopic (exact) mass is 519 g/mol. The largest absolute Gasteiger partial charge is 0.325 e. The van der Waals surface area contributed by atoms with E-state index in [0.29, 0.717) is 23.7 Å². The Morgan fingerprint density at radius 2 is 1.89 bits per heavy atom. The van der Waals surface area contributed by atoms with Crippen molar-refractivity contribution in [2.45, 2.75) is 44.4 Å². The number of hydrogen-bond donors (Lipinski definition) is 1. The third-order valence-electron chi connectivity index (χ3n) is 5.95. The molecule has 1 atom stereocenters. The first-order valence-electron chi connectivity index (χ1n) is 11.3. The molecule has 1 aliphatic carbocycles. The number of halogens is 5. The molecule has 0 aromatic carbocycles. The quantitative estimate of drug-likeness (QED) is 0.308. The van der Waals surface area contributed by atoms with Crippen molar-refractivity contribution >= 4 is 22.8 Å². The van der Waals surface area contributed by atoms with Crippen LogP contribution in [0.5, 0.6) is 0 Å². The van der Waals surface area contributed by atoms with Crippen molar-refractivity contribution in [1.29, 1.82) is 0 Å². The molecule has 5 heterocycles. The molecule has 5 aromatic heterocycles. The fraction of sp³-hybridized carbons (Fsp3) is 0.292. The first-order chi connectivity index (χ1) is 17.3. The molecule has 2 N–H and O–H groups in total. The van der Waals surface area contributed by atoms with E-state index in [1.165, 1.54) is 41.7 Å². The number of alkyl halides is 3.